The van der Waals surface area contributed by atoms with Crippen molar-refractivity contribution in [2.45, 2.75) is 13.3 Å². The molecule has 0 saturated heterocycles. The summed E-state index contributed by atoms with van der Waals surface area (Å²) in [6.45, 7) is 2.41. The van der Waals surface area contributed by atoms with Crippen molar-refractivity contribution in [3.05, 3.63) is 20.8 Å². The Balaban J connectivity index is 2.28. The van der Waals surface area contributed by atoms with E-state index in [1.807, 2.05) is 6.07 Å². The first-order chi connectivity index (χ1) is 7.63. The van der Waals surface area contributed by atoms with Gasteiger partial charge in [0.05, 0.1) is 21.7 Å². The van der Waals surface area contributed by atoms with Crippen LogP contribution in [0.5, 0.6) is 0 Å². The highest BCUT2D eigenvalue weighted by atomic mass is 79.9. The zero-order valence-electron chi connectivity index (χ0n) is 8.79. The Hall–Kier alpha value is -0.880. The lowest BCUT2D eigenvalue weighted by molar-refractivity contribution is -0.142. The maximum Gasteiger partial charge on any atom is 0.307 e. The van der Waals surface area contributed by atoms with Crippen LogP contribution in [-0.4, -0.2) is 25.0 Å². The molecule has 0 spiro atoms. The van der Waals surface area contributed by atoms with Gasteiger partial charge in [0.1, 0.15) is 0 Å². The van der Waals surface area contributed by atoms with Crippen molar-refractivity contribution < 1.29 is 14.3 Å². The van der Waals surface area contributed by atoms with E-state index >= 15 is 0 Å². The summed E-state index contributed by atoms with van der Waals surface area (Å²) in [6, 6.07) is 3.54. The van der Waals surface area contributed by atoms with Gasteiger partial charge < -0.3 is 10.1 Å². The van der Waals surface area contributed by atoms with E-state index < -0.39 is 0 Å². The van der Waals surface area contributed by atoms with Crippen molar-refractivity contribution in [2.24, 2.45) is 0 Å². The molecule has 1 N–H and O–H groups in total. The van der Waals surface area contributed by atoms with E-state index in [0.29, 0.717) is 18.0 Å². The highest BCUT2D eigenvalue weighted by Crippen LogP contribution is 2.21. The fourth-order valence-corrected chi connectivity index (χ4v) is 2.34. The van der Waals surface area contributed by atoms with Gasteiger partial charge in [-0.05, 0) is 35.0 Å². The molecule has 1 aromatic heterocycles. The summed E-state index contributed by atoms with van der Waals surface area (Å²) in [5, 5.41) is 2.65. The van der Waals surface area contributed by atoms with Gasteiger partial charge in [0.25, 0.3) is 5.91 Å². The van der Waals surface area contributed by atoms with Crippen molar-refractivity contribution in [1.82, 2.24) is 5.32 Å². The summed E-state index contributed by atoms with van der Waals surface area (Å²) in [5.74, 6) is -0.463. The number of amides is 1. The number of esters is 1. The van der Waals surface area contributed by atoms with Crippen LogP contribution in [0.25, 0.3) is 0 Å². The normalized spacial score (nSPS) is 9.88. The van der Waals surface area contributed by atoms with Crippen LogP contribution in [0.2, 0.25) is 0 Å². The molecular formula is C10H12BrNO3S. The van der Waals surface area contributed by atoms with Gasteiger partial charge in [-0.3, -0.25) is 9.59 Å². The van der Waals surface area contributed by atoms with E-state index in [9.17, 15) is 9.59 Å². The highest BCUT2D eigenvalue weighted by Gasteiger charge is 2.08. The molecule has 16 heavy (non-hydrogen) atoms. The molecular weight excluding hydrogens is 294 g/mol. The summed E-state index contributed by atoms with van der Waals surface area (Å²) in [6.07, 6.45) is 0.201. The van der Waals surface area contributed by atoms with Crippen LogP contribution in [0.15, 0.2) is 15.9 Å². The van der Waals surface area contributed by atoms with Crippen molar-refractivity contribution >= 4 is 39.1 Å². The van der Waals surface area contributed by atoms with E-state index in [0.717, 1.165) is 3.79 Å². The molecule has 1 amide bonds. The number of hydrogen-bond donors (Lipinski definition) is 1. The van der Waals surface area contributed by atoms with E-state index in [1.54, 1.807) is 13.0 Å². The Kier molecular flexibility index (Phi) is 5.48. The van der Waals surface area contributed by atoms with Gasteiger partial charge in [-0.25, -0.2) is 0 Å². The van der Waals surface area contributed by atoms with Gasteiger partial charge in [0, 0.05) is 6.54 Å². The summed E-state index contributed by atoms with van der Waals surface area (Å²) in [4.78, 5) is 23.1. The van der Waals surface area contributed by atoms with Gasteiger partial charge >= 0.3 is 5.97 Å². The van der Waals surface area contributed by atoms with Crippen LogP contribution >= 0.6 is 27.3 Å². The van der Waals surface area contributed by atoms with Crippen LogP contribution in [0.3, 0.4) is 0 Å². The van der Waals surface area contributed by atoms with Crippen LogP contribution in [-0.2, 0) is 9.53 Å². The molecule has 0 aliphatic carbocycles. The number of hydrogen-bond acceptors (Lipinski definition) is 4. The molecule has 4 nitrogen and oxygen atoms in total. The zero-order valence-corrected chi connectivity index (χ0v) is 11.2. The Morgan fingerprint density at radius 1 is 1.50 bits per heavy atom. The van der Waals surface area contributed by atoms with Crippen LogP contribution in [0, 0.1) is 0 Å². The van der Waals surface area contributed by atoms with Crippen molar-refractivity contribution in [2.75, 3.05) is 13.2 Å². The second-order valence-electron chi connectivity index (χ2n) is 2.91. The molecule has 1 aromatic rings. The first kappa shape index (κ1) is 13.2. The summed E-state index contributed by atoms with van der Waals surface area (Å²) in [7, 11) is 0. The van der Waals surface area contributed by atoms with Crippen molar-refractivity contribution in [3.63, 3.8) is 0 Å². The molecule has 88 valence electrons. The summed E-state index contributed by atoms with van der Waals surface area (Å²) in [5.41, 5.74) is 0. The first-order valence-corrected chi connectivity index (χ1v) is 6.43. The highest BCUT2D eigenvalue weighted by molar-refractivity contribution is 9.11. The number of carbonyl (C=O) groups is 2. The molecule has 0 aliphatic heterocycles. The average molecular weight is 306 g/mol. The monoisotopic (exact) mass is 305 g/mol. The molecule has 0 unspecified atom stereocenters. The third-order valence-electron chi connectivity index (χ3n) is 1.72. The topological polar surface area (TPSA) is 55.4 Å². The molecule has 0 atom stereocenters. The maximum atomic E-state index is 11.5. The smallest absolute Gasteiger partial charge is 0.307 e. The average Bonchev–Trinajstić information content (AvgIpc) is 2.65. The molecule has 1 heterocycles. The Morgan fingerprint density at radius 3 is 2.81 bits per heavy atom. The maximum absolute atomic E-state index is 11.5. The van der Waals surface area contributed by atoms with E-state index in [2.05, 4.69) is 21.2 Å². The summed E-state index contributed by atoms with van der Waals surface area (Å²) >= 11 is 4.63. The Labute approximate surface area is 106 Å². The molecule has 0 saturated carbocycles. The molecule has 0 bridgehead atoms. The number of carbonyl (C=O) groups excluding carboxylic acids is 2. The first-order valence-electron chi connectivity index (χ1n) is 4.82. The second kappa shape index (κ2) is 6.65. The quantitative estimate of drug-likeness (QED) is 0.849. The minimum absolute atomic E-state index is 0.167. The van der Waals surface area contributed by atoms with Crippen LogP contribution in [0.4, 0.5) is 0 Å². The lowest BCUT2D eigenvalue weighted by Gasteiger charge is -2.03. The SMILES string of the molecule is CCOC(=O)CCNC(=O)c1ccc(Br)s1. The predicted molar refractivity (Wildman–Crippen MR) is 65.6 cm³/mol. The van der Waals surface area contributed by atoms with Crippen LogP contribution < -0.4 is 5.32 Å². The molecule has 6 heteroatoms. The van der Waals surface area contributed by atoms with Gasteiger partial charge in [0.2, 0.25) is 0 Å². The van der Waals surface area contributed by atoms with E-state index in [-0.39, 0.29) is 18.3 Å². The third-order valence-corrected chi connectivity index (χ3v) is 3.34. The molecule has 0 fully saturated rings. The lowest BCUT2D eigenvalue weighted by Crippen LogP contribution is -2.25. The van der Waals surface area contributed by atoms with E-state index in [4.69, 9.17) is 4.74 Å². The zero-order chi connectivity index (χ0) is 12.0. The van der Waals surface area contributed by atoms with Crippen molar-refractivity contribution in [3.8, 4) is 0 Å². The second-order valence-corrected chi connectivity index (χ2v) is 5.38. The number of nitrogens with one attached hydrogen (secondary N) is 1. The van der Waals surface area contributed by atoms with E-state index in [1.165, 1.54) is 11.3 Å². The third kappa shape index (κ3) is 4.32. The number of thiophene rings is 1. The largest absolute Gasteiger partial charge is 0.466 e. The van der Waals surface area contributed by atoms with Crippen molar-refractivity contribution in [1.29, 1.82) is 0 Å². The van der Waals surface area contributed by atoms with Crippen LogP contribution in [0.1, 0.15) is 23.0 Å². The number of ether oxygens (including phenoxy) is 1. The lowest BCUT2D eigenvalue weighted by atomic mass is 10.4. The molecule has 0 aromatic carbocycles. The molecule has 1 rings (SSSR count). The fourth-order valence-electron chi connectivity index (χ4n) is 1.03. The Morgan fingerprint density at radius 2 is 2.25 bits per heavy atom. The van der Waals surface area contributed by atoms with Gasteiger partial charge in [-0.15, -0.1) is 11.3 Å². The molecule has 0 radical (unpaired) electrons. The standard InChI is InChI=1S/C10H12BrNO3S/c1-2-15-9(13)5-6-12-10(14)7-3-4-8(11)16-7/h3-4H,2,5-6H2,1H3,(H,12,14). The number of rotatable bonds is 5. The predicted octanol–water partition coefficient (Wildman–Crippen LogP) is 2.19. The fraction of sp³-hybridized carbons (Fsp3) is 0.400. The Bertz CT molecular complexity index is 378. The minimum atomic E-state index is -0.296. The minimum Gasteiger partial charge on any atom is -0.466 e. The molecule has 0 aliphatic rings. The summed E-state index contributed by atoms with van der Waals surface area (Å²) < 4.78 is 5.64. The van der Waals surface area contributed by atoms with Gasteiger partial charge in [-0.2, -0.15) is 0 Å². The van der Waals surface area contributed by atoms with Gasteiger partial charge in [-0.1, -0.05) is 0 Å². The number of halogens is 1. The van der Waals surface area contributed by atoms with Gasteiger partial charge in [0.15, 0.2) is 0 Å².